The van der Waals surface area contributed by atoms with E-state index in [4.69, 9.17) is 5.11 Å². The number of aliphatic hydroxyl groups excluding tert-OH is 1. The maximum absolute atomic E-state index is 8.83. The molecule has 0 saturated carbocycles. The predicted molar refractivity (Wildman–Crippen MR) is 87.7 cm³/mol. The zero-order chi connectivity index (χ0) is 14.8. The molecule has 1 unspecified atom stereocenters. The Balaban J connectivity index is 0. The fourth-order valence-electron chi connectivity index (χ4n) is 1.97. The number of nitrogens with one attached hydrogen (secondary N) is 1. The molecule has 118 valence electrons. The summed E-state index contributed by atoms with van der Waals surface area (Å²) in [7, 11) is 1.96. The van der Waals surface area contributed by atoms with Gasteiger partial charge in [-0.2, -0.15) is 0 Å². The van der Waals surface area contributed by atoms with Crippen LogP contribution in [0.4, 0.5) is 0 Å². The monoisotopic (exact) mass is 273 g/mol. The summed E-state index contributed by atoms with van der Waals surface area (Å²) in [6.45, 7) is 8.03. The van der Waals surface area contributed by atoms with Gasteiger partial charge in [0.05, 0.1) is 0 Å². The van der Waals surface area contributed by atoms with Crippen molar-refractivity contribution in [2.24, 2.45) is 5.92 Å². The van der Waals surface area contributed by atoms with Crippen molar-refractivity contribution in [2.45, 2.75) is 85.0 Å². The van der Waals surface area contributed by atoms with Crippen molar-refractivity contribution in [1.82, 2.24) is 5.32 Å². The molecule has 0 bridgehead atoms. The van der Waals surface area contributed by atoms with Crippen LogP contribution in [0.5, 0.6) is 0 Å². The minimum Gasteiger partial charge on any atom is -0.396 e. The molecule has 0 aliphatic rings. The molecule has 0 fully saturated rings. The summed E-state index contributed by atoms with van der Waals surface area (Å²) in [6.07, 6.45) is 13.5. The molecule has 0 heterocycles. The molecule has 0 aromatic rings. The first-order valence-electron chi connectivity index (χ1n) is 8.48. The highest BCUT2D eigenvalue weighted by Gasteiger charge is 1.98. The van der Waals surface area contributed by atoms with Gasteiger partial charge < -0.3 is 10.4 Å². The normalized spacial score (nSPS) is 11.8. The number of hydrogen-bond acceptors (Lipinski definition) is 2. The van der Waals surface area contributed by atoms with Crippen LogP contribution in [0.2, 0.25) is 0 Å². The number of hydrogen-bond donors (Lipinski definition) is 2. The fourth-order valence-corrected chi connectivity index (χ4v) is 1.97. The van der Waals surface area contributed by atoms with Crippen molar-refractivity contribution in [3.8, 4) is 0 Å². The Kier molecular flexibility index (Phi) is 22.6. The third kappa shape index (κ3) is 23.4. The molecule has 0 aromatic heterocycles. The van der Waals surface area contributed by atoms with Crippen LogP contribution in [0.1, 0.15) is 85.0 Å². The molecule has 0 rings (SSSR count). The summed E-state index contributed by atoms with van der Waals surface area (Å²) in [4.78, 5) is 0. The lowest BCUT2D eigenvalue weighted by molar-refractivity contribution is 0.227. The molecule has 0 radical (unpaired) electrons. The quantitative estimate of drug-likeness (QED) is 0.502. The lowest BCUT2D eigenvalue weighted by Crippen LogP contribution is -2.04. The van der Waals surface area contributed by atoms with Gasteiger partial charge in [0, 0.05) is 6.61 Å². The largest absolute Gasteiger partial charge is 0.396 e. The Morgan fingerprint density at radius 1 is 0.842 bits per heavy atom. The maximum Gasteiger partial charge on any atom is 0.0456 e. The summed E-state index contributed by atoms with van der Waals surface area (Å²) in [6, 6.07) is 0. The van der Waals surface area contributed by atoms with E-state index >= 15 is 0 Å². The number of rotatable bonds is 12. The smallest absolute Gasteiger partial charge is 0.0456 e. The van der Waals surface area contributed by atoms with Gasteiger partial charge in [-0.3, -0.25) is 0 Å². The van der Waals surface area contributed by atoms with E-state index in [2.05, 4.69) is 26.1 Å². The Bertz CT molecular complexity index is 137. The highest BCUT2D eigenvalue weighted by Crippen LogP contribution is 2.12. The first-order valence-corrected chi connectivity index (χ1v) is 8.48. The first kappa shape index (κ1) is 21.2. The van der Waals surface area contributed by atoms with Crippen LogP contribution in [0, 0.1) is 5.92 Å². The average molecular weight is 274 g/mol. The second kappa shape index (κ2) is 20.2. The van der Waals surface area contributed by atoms with E-state index < -0.39 is 0 Å². The van der Waals surface area contributed by atoms with Gasteiger partial charge in [-0.15, -0.1) is 0 Å². The van der Waals surface area contributed by atoms with E-state index in [0.717, 1.165) is 6.54 Å². The number of aliphatic hydroxyl groups is 1. The third-order valence-corrected chi connectivity index (χ3v) is 3.36. The second-order valence-corrected chi connectivity index (χ2v) is 5.65. The van der Waals surface area contributed by atoms with Gasteiger partial charge in [0.2, 0.25) is 0 Å². The summed E-state index contributed by atoms with van der Waals surface area (Å²) in [5.41, 5.74) is 0. The first-order chi connectivity index (χ1) is 9.22. The molecule has 0 amide bonds. The van der Waals surface area contributed by atoms with Crippen LogP contribution in [0.3, 0.4) is 0 Å². The highest BCUT2D eigenvalue weighted by molar-refractivity contribution is 4.51. The van der Waals surface area contributed by atoms with Crippen LogP contribution in [0.15, 0.2) is 0 Å². The molecule has 2 N–H and O–H groups in total. The summed E-state index contributed by atoms with van der Waals surface area (Å²) in [5, 5.41) is 11.9. The zero-order valence-corrected chi connectivity index (χ0v) is 14.0. The van der Waals surface area contributed by atoms with Crippen LogP contribution in [-0.4, -0.2) is 25.3 Å². The molecule has 2 nitrogen and oxygen atoms in total. The van der Waals surface area contributed by atoms with E-state index in [0.29, 0.717) is 12.5 Å². The van der Waals surface area contributed by atoms with E-state index in [9.17, 15) is 0 Å². The van der Waals surface area contributed by atoms with Crippen LogP contribution in [-0.2, 0) is 0 Å². The number of unbranched alkanes of at least 4 members (excludes halogenated alkanes) is 7. The maximum atomic E-state index is 8.83. The molecular weight excluding hydrogens is 234 g/mol. The van der Waals surface area contributed by atoms with Gasteiger partial charge in [-0.05, 0) is 32.4 Å². The highest BCUT2D eigenvalue weighted by atomic mass is 16.3. The van der Waals surface area contributed by atoms with Gasteiger partial charge in [0.15, 0.2) is 0 Å². The fraction of sp³-hybridized carbons (Fsp3) is 1.00. The van der Waals surface area contributed by atoms with Crippen molar-refractivity contribution in [2.75, 3.05) is 20.2 Å². The molecule has 19 heavy (non-hydrogen) atoms. The van der Waals surface area contributed by atoms with Gasteiger partial charge in [0.1, 0.15) is 0 Å². The van der Waals surface area contributed by atoms with E-state index in [1.165, 1.54) is 64.2 Å². The van der Waals surface area contributed by atoms with Gasteiger partial charge in [0.25, 0.3) is 0 Å². The Morgan fingerprint density at radius 3 is 1.74 bits per heavy atom. The summed E-state index contributed by atoms with van der Waals surface area (Å²) < 4.78 is 0. The van der Waals surface area contributed by atoms with Crippen molar-refractivity contribution < 1.29 is 5.11 Å². The molecule has 0 saturated heterocycles. The Morgan fingerprint density at radius 2 is 1.37 bits per heavy atom. The molecule has 0 aromatic carbocycles. The average Bonchev–Trinajstić information content (AvgIpc) is 2.43. The van der Waals surface area contributed by atoms with Crippen LogP contribution >= 0.6 is 0 Å². The van der Waals surface area contributed by atoms with E-state index in [1.54, 1.807) is 0 Å². The Labute approximate surface area is 122 Å². The summed E-state index contributed by atoms with van der Waals surface area (Å²) in [5.74, 6) is 0.509. The third-order valence-electron chi connectivity index (χ3n) is 3.36. The van der Waals surface area contributed by atoms with Crippen LogP contribution < -0.4 is 5.32 Å². The van der Waals surface area contributed by atoms with Crippen molar-refractivity contribution in [3.63, 3.8) is 0 Å². The van der Waals surface area contributed by atoms with Crippen molar-refractivity contribution in [1.29, 1.82) is 0 Å². The molecule has 0 aliphatic heterocycles. The minimum atomic E-state index is 0.358. The van der Waals surface area contributed by atoms with Gasteiger partial charge >= 0.3 is 0 Å². The lowest BCUT2D eigenvalue weighted by atomic mass is 10.0. The SMILES string of the molecule is CCCCCCCCCCC(C)CO.CCCNC. The molecule has 2 heteroatoms. The minimum absolute atomic E-state index is 0.358. The van der Waals surface area contributed by atoms with Gasteiger partial charge in [-0.25, -0.2) is 0 Å². The van der Waals surface area contributed by atoms with E-state index in [1.807, 2.05) is 7.05 Å². The lowest BCUT2D eigenvalue weighted by Gasteiger charge is -2.06. The summed E-state index contributed by atoms with van der Waals surface area (Å²) >= 11 is 0. The molecule has 0 spiro atoms. The van der Waals surface area contributed by atoms with Crippen molar-refractivity contribution in [3.05, 3.63) is 0 Å². The van der Waals surface area contributed by atoms with Crippen molar-refractivity contribution >= 4 is 0 Å². The topological polar surface area (TPSA) is 32.3 Å². The molecule has 1 atom stereocenters. The molecular formula is C17H39NO. The van der Waals surface area contributed by atoms with Crippen LogP contribution in [0.25, 0.3) is 0 Å². The Hall–Kier alpha value is -0.0800. The predicted octanol–water partition coefficient (Wildman–Crippen LogP) is 4.76. The standard InChI is InChI=1S/C13H28O.C4H11N/c1-3-4-5-6-7-8-9-10-11-13(2)12-14;1-3-4-5-2/h13-14H,3-12H2,1-2H3;5H,3-4H2,1-2H3. The van der Waals surface area contributed by atoms with Gasteiger partial charge in [-0.1, -0.05) is 72.1 Å². The second-order valence-electron chi connectivity index (χ2n) is 5.65. The molecule has 0 aliphatic carbocycles. The van der Waals surface area contributed by atoms with E-state index in [-0.39, 0.29) is 0 Å². The zero-order valence-electron chi connectivity index (χ0n) is 14.0.